The number of nitrogens with one attached hydrogen (secondary N) is 1. The smallest absolute Gasteiger partial charge is 0.463 e. The van der Waals surface area contributed by atoms with Crippen molar-refractivity contribution in [1.29, 1.82) is 0 Å². The Balaban J connectivity index is 3.56. The van der Waals surface area contributed by atoms with Gasteiger partial charge in [0, 0.05) is 19.4 Å². The van der Waals surface area contributed by atoms with Crippen molar-refractivity contribution >= 4 is 19.7 Å². The lowest BCUT2D eigenvalue weighted by Gasteiger charge is -2.15. The molecule has 0 radical (unpaired) electrons. The van der Waals surface area contributed by atoms with Crippen LogP contribution in [0.2, 0.25) is 0 Å². The van der Waals surface area contributed by atoms with E-state index in [-0.39, 0.29) is 25.7 Å². The van der Waals surface area contributed by atoms with Gasteiger partial charge in [0.05, 0.1) is 13.2 Å². The maximum absolute atomic E-state index is 12.1. The number of aliphatic hydroxyl groups excluding tert-OH is 1. The predicted molar refractivity (Wildman–Crippen MR) is 211 cm³/mol. The van der Waals surface area contributed by atoms with Crippen LogP contribution >= 0.6 is 7.82 Å². The van der Waals surface area contributed by atoms with Gasteiger partial charge in [0.2, 0.25) is 5.91 Å². The minimum atomic E-state index is -4.41. The Morgan fingerprint density at radius 3 is 1.27 bits per heavy atom. The number of hydrogen-bond acceptors (Lipinski definition) is 7. The first-order chi connectivity index (χ1) is 24.8. The highest BCUT2D eigenvalue weighted by Gasteiger charge is 2.23. The van der Waals surface area contributed by atoms with Gasteiger partial charge in [-0.2, -0.15) is 0 Å². The molecule has 2 unspecified atom stereocenters. The minimum absolute atomic E-state index is 0.0882. The lowest BCUT2D eigenvalue weighted by molar-refractivity contribution is -0.147. The van der Waals surface area contributed by atoms with E-state index in [0.29, 0.717) is 12.8 Å². The van der Waals surface area contributed by atoms with E-state index in [4.69, 9.17) is 13.8 Å². The highest BCUT2D eigenvalue weighted by Crippen LogP contribution is 2.42. The van der Waals surface area contributed by atoms with Crippen molar-refractivity contribution in [2.24, 2.45) is 0 Å². The summed E-state index contributed by atoms with van der Waals surface area (Å²) in [6.07, 6.45) is 37.4. The van der Waals surface area contributed by atoms with Crippen LogP contribution in [0.5, 0.6) is 0 Å². The van der Waals surface area contributed by atoms with Crippen LogP contribution in [0.4, 0.5) is 0 Å². The molecule has 0 aromatic rings. The summed E-state index contributed by atoms with van der Waals surface area (Å²) in [7, 11) is -4.41. The monoisotopic (exact) mass is 748 g/mol. The SMILES string of the molecule is CCCCCCCCCCCCCCCCCCC(=O)OCC(O)COP(=O)(O)OCCNC(=O)CCCCCCCCCCCCCCCC. The number of carbonyl (C=O) groups excluding carboxylic acids is 2. The molecule has 304 valence electrons. The molecule has 0 aliphatic carbocycles. The van der Waals surface area contributed by atoms with Gasteiger partial charge in [0.15, 0.2) is 0 Å². The summed E-state index contributed by atoms with van der Waals surface area (Å²) in [4.78, 5) is 33.9. The Bertz CT molecular complexity index is 815. The topological polar surface area (TPSA) is 131 Å². The summed E-state index contributed by atoms with van der Waals surface area (Å²) in [6.45, 7) is 3.59. The van der Waals surface area contributed by atoms with Crippen LogP contribution in [0.3, 0.4) is 0 Å². The maximum atomic E-state index is 12.1. The lowest BCUT2D eigenvalue weighted by atomic mass is 10.0. The number of aliphatic hydroxyl groups is 1. The highest BCUT2D eigenvalue weighted by molar-refractivity contribution is 7.47. The molecule has 0 heterocycles. The van der Waals surface area contributed by atoms with Gasteiger partial charge in [0.1, 0.15) is 12.7 Å². The van der Waals surface area contributed by atoms with Gasteiger partial charge in [-0.05, 0) is 12.8 Å². The number of hydrogen-bond donors (Lipinski definition) is 3. The molecule has 0 rings (SSSR count). The first kappa shape index (κ1) is 50.0. The third-order valence-electron chi connectivity index (χ3n) is 9.54. The molecule has 9 nitrogen and oxygen atoms in total. The molecule has 0 spiro atoms. The van der Waals surface area contributed by atoms with Crippen LogP contribution in [-0.4, -0.2) is 54.3 Å². The van der Waals surface area contributed by atoms with Crippen molar-refractivity contribution in [3.05, 3.63) is 0 Å². The minimum Gasteiger partial charge on any atom is -0.463 e. The second kappa shape index (κ2) is 38.7. The van der Waals surface area contributed by atoms with Gasteiger partial charge >= 0.3 is 13.8 Å². The van der Waals surface area contributed by atoms with Crippen LogP contribution in [0, 0.1) is 0 Å². The first-order valence-corrected chi connectivity index (χ1v) is 23.0. The second-order valence-corrected chi connectivity index (χ2v) is 16.1. The second-order valence-electron chi connectivity index (χ2n) is 14.7. The molecule has 0 saturated carbocycles. The van der Waals surface area contributed by atoms with E-state index in [1.54, 1.807) is 0 Å². The van der Waals surface area contributed by atoms with E-state index in [2.05, 4.69) is 19.2 Å². The summed E-state index contributed by atoms with van der Waals surface area (Å²) >= 11 is 0. The molecule has 51 heavy (non-hydrogen) atoms. The molecule has 2 atom stereocenters. The Kier molecular flexibility index (Phi) is 38.0. The Morgan fingerprint density at radius 1 is 0.529 bits per heavy atom. The van der Waals surface area contributed by atoms with Crippen LogP contribution in [-0.2, 0) is 27.9 Å². The van der Waals surface area contributed by atoms with Crippen molar-refractivity contribution in [3.63, 3.8) is 0 Å². The molecular weight excluding hydrogens is 665 g/mol. The van der Waals surface area contributed by atoms with E-state index in [1.165, 1.54) is 154 Å². The summed E-state index contributed by atoms with van der Waals surface area (Å²) < 4.78 is 26.9. The van der Waals surface area contributed by atoms with Crippen LogP contribution in [0.15, 0.2) is 0 Å². The summed E-state index contributed by atoms with van der Waals surface area (Å²) in [5.41, 5.74) is 0. The molecule has 0 fully saturated rings. The number of amides is 1. The molecular formula is C41H82NO8P. The van der Waals surface area contributed by atoms with Gasteiger partial charge in [-0.3, -0.25) is 18.6 Å². The Morgan fingerprint density at radius 2 is 0.882 bits per heavy atom. The molecule has 0 saturated heterocycles. The number of rotatable bonds is 41. The summed E-state index contributed by atoms with van der Waals surface area (Å²) in [5.74, 6) is -0.504. The third kappa shape index (κ3) is 40.0. The zero-order valence-electron chi connectivity index (χ0n) is 33.3. The van der Waals surface area contributed by atoms with Crippen molar-refractivity contribution in [2.45, 2.75) is 225 Å². The summed E-state index contributed by atoms with van der Waals surface area (Å²) in [5, 5.41) is 12.7. The largest absolute Gasteiger partial charge is 0.472 e. The first-order valence-electron chi connectivity index (χ1n) is 21.5. The molecule has 1 amide bonds. The number of phosphoric ester groups is 1. The third-order valence-corrected chi connectivity index (χ3v) is 10.5. The normalized spacial score (nSPS) is 13.3. The number of phosphoric acid groups is 1. The fourth-order valence-corrected chi connectivity index (χ4v) is 7.02. The average Bonchev–Trinajstić information content (AvgIpc) is 3.11. The Labute approximate surface area is 314 Å². The van der Waals surface area contributed by atoms with Crippen LogP contribution in [0.1, 0.15) is 219 Å². The number of carbonyl (C=O) groups is 2. The molecule has 0 aromatic carbocycles. The van der Waals surface area contributed by atoms with Crippen molar-refractivity contribution in [3.8, 4) is 0 Å². The van der Waals surface area contributed by atoms with Gasteiger partial charge in [-0.25, -0.2) is 4.57 Å². The van der Waals surface area contributed by atoms with E-state index in [0.717, 1.165) is 38.5 Å². The Hall–Kier alpha value is -0.990. The van der Waals surface area contributed by atoms with Gasteiger partial charge < -0.3 is 20.1 Å². The fraction of sp³-hybridized carbons (Fsp3) is 0.951. The predicted octanol–water partition coefficient (Wildman–Crippen LogP) is 11.7. The number of unbranched alkanes of at least 4 members (excludes halogenated alkanes) is 28. The van der Waals surface area contributed by atoms with E-state index in [9.17, 15) is 24.2 Å². The number of esters is 1. The van der Waals surface area contributed by atoms with Crippen molar-refractivity contribution in [2.75, 3.05) is 26.4 Å². The van der Waals surface area contributed by atoms with Crippen molar-refractivity contribution in [1.82, 2.24) is 5.32 Å². The lowest BCUT2D eigenvalue weighted by Crippen LogP contribution is -2.27. The van der Waals surface area contributed by atoms with Gasteiger partial charge in [0.25, 0.3) is 0 Å². The molecule has 0 aliphatic heterocycles. The summed E-state index contributed by atoms with van der Waals surface area (Å²) in [6, 6.07) is 0. The average molecular weight is 748 g/mol. The van der Waals surface area contributed by atoms with E-state index >= 15 is 0 Å². The molecule has 0 aromatic heterocycles. The van der Waals surface area contributed by atoms with E-state index in [1.807, 2.05) is 0 Å². The fourth-order valence-electron chi connectivity index (χ4n) is 6.26. The van der Waals surface area contributed by atoms with E-state index < -0.39 is 26.5 Å². The maximum Gasteiger partial charge on any atom is 0.472 e. The van der Waals surface area contributed by atoms with Gasteiger partial charge in [-0.15, -0.1) is 0 Å². The zero-order chi connectivity index (χ0) is 37.5. The van der Waals surface area contributed by atoms with Crippen molar-refractivity contribution < 1.29 is 37.9 Å². The molecule has 0 aliphatic rings. The number of ether oxygens (including phenoxy) is 1. The highest BCUT2D eigenvalue weighted by atomic mass is 31.2. The van der Waals surface area contributed by atoms with Crippen LogP contribution in [0.25, 0.3) is 0 Å². The molecule has 0 bridgehead atoms. The standard InChI is InChI=1S/C41H82NO8P/c1-3-5-7-9-11-13-15-17-19-20-22-24-26-28-30-32-34-41(45)48-37-39(43)38-50-51(46,47)49-36-35-42-40(44)33-31-29-27-25-23-21-18-16-14-12-10-8-6-4-2/h39,43H,3-38H2,1-2H3,(H,42,44)(H,46,47). The quantitative estimate of drug-likeness (QED) is 0.0320. The molecule has 3 N–H and O–H groups in total. The zero-order valence-corrected chi connectivity index (χ0v) is 34.2. The van der Waals surface area contributed by atoms with Gasteiger partial charge in [-0.1, -0.05) is 194 Å². The molecule has 10 heteroatoms. The van der Waals surface area contributed by atoms with Crippen LogP contribution < -0.4 is 5.32 Å².